The average molecular weight is 432 g/mol. The highest BCUT2D eigenvalue weighted by Gasteiger charge is 2.29. The number of pyridine rings is 1. The van der Waals surface area contributed by atoms with Crippen molar-refractivity contribution in [2.24, 2.45) is 0 Å². The summed E-state index contributed by atoms with van der Waals surface area (Å²) >= 11 is 0. The van der Waals surface area contributed by atoms with Gasteiger partial charge in [0, 0.05) is 6.20 Å². The largest absolute Gasteiger partial charge is 0.339 e. The Bertz CT molecular complexity index is 1260. The maximum atomic E-state index is 12.0. The van der Waals surface area contributed by atoms with Crippen LogP contribution < -0.4 is 5.32 Å². The van der Waals surface area contributed by atoms with E-state index < -0.39 is 30.0 Å². The molecule has 2 aromatic carbocycles. The molecule has 0 bridgehead atoms. The molecule has 0 fully saturated rings. The van der Waals surface area contributed by atoms with Crippen molar-refractivity contribution in [3.05, 3.63) is 78.0 Å². The molecule has 0 radical (unpaired) electrons. The second-order valence-electron chi connectivity index (χ2n) is 5.89. The zero-order chi connectivity index (χ0) is 21.1. The number of anilines is 2. The molecule has 0 aliphatic heterocycles. The first-order chi connectivity index (χ1) is 13.7. The molecular formula is C19H16N2O6S2. The summed E-state index contributed by atoms with van der Waals surface area (Å²) in [7, 11) is -9.98. The van der Waals surface area contributed by atoms with E-state index in [1.165, 1.54) is 18.3 Å². The minimum atomic E-state index is -5.04. The zero-order valence-electron chi connectivity index (χ0n) is 14.8. The van der Waals surface area contributed by atoms with E-state index in [0.717, 1.165) is 11.6 Å². The number of nitrogens with one attached hydrogen (secondary N) is 1. The Kier molecular flexibility index (Phi) is 5.80. The second-order valence-corrected chi connectivity index (χ2v) is 8.64. The number of nitrogens with zero attached hydrogens (tertiary/aromatic N) is 1. The average Bonchev–Trinajstić information content (AvgIpc) is 2.66. The second kappa shape index (κ2) is 8.13. The van der Waals surface area contributed by atoms with Crippen molar-refractivity contribution in [2.75, 3.05) is 5.32 Å². The molecule has 3 rings (SSSR count). The Labute approximate surface area is 168 Å². The van der Waals surface area contributed by atoms with E-state index in [4.69, 9.17) is 0 Å². The zero-order valence-corrected chi connectivity index (χ0v) is 16.4. The van der Waals surface area contributed by atoms with Crippen molar-refractivity contribution in [1.82, 2.24) is 4.98 Å². The van der Waals surface area contributed by atoms with Crippen LogP contribution in [0.3, 0.4) is 0 Å². The lowest BCUT2D eigenvalue weighted by molar-refractivity contribution is 0.467. The Balaban J connectivity index is 2.26. The van der Waals surface area contributed by atoms with Crippen LogP contribution >= 0.6 is 0 Å². The summed E-state index contributed by atoms with van der Waals surface area (Å²) in [6, 6.07) is 16.1. The van der Waals surface area contributed by atoms with E-state index in [1.54, 1.807) is 24.3 Å². The normalized spacial score (nSPS) is 12.2. The quantitative estimate of drug-likeness (QED) is 0.398. The smallest absolute Gasteiger partial charge is 0.298 e. The van der Waals surface area contributed by atoms with Gasteiger partial charge in [-0.15, -0.1) is 0 Å². The lowest BCUT2D eigenvalue weighted by Gasteiger charge is -2.15. The third-order valence-electron chi connectivity index (χ3n) is 3.86. The summed E-state index contributed by atoms with van der Waals surface area (Å²) < 4.78 is 66.7. The van der Waals surface area contributed by atoms with Crippen LogP contribution in [0.4, 0.5) is 11.5 Å². The van der Waals surface area contributed by atoms with Gasteiger partial charge in [-0.1, -0.05) is 54.6 Å². The molecule has 0 unspecified atom stereocenters. The predicted octanol–water partition coefficient (Wildman–Crippen LogP) is 3.49. The fourth-order valence-corrected chi connectivity index (χ4v) is 4.58. The number of rotatable bonds is 6. The van der Waals surface area contributed by atoms with Crippen molar-refractivity contribution >= 4 is 43.9 Å². The molecule has 1 heterocycles. The summed E-state index contributed by atoms with van der Waals surface area (Å²) in [6.07, 6.45) is 4.67. The molecule has 10 heteroatoms. The Hall–Kier alpha value is -3.05. The third kappa shape index (κ3) is 5.06. The molecule has 0 amide bonds. The standard InChI is InChI=1S/C19H16N2O6S2/c22-28(23,24)16-12-11-15(10-9-14-6-2-1-3-7-14)18(19(16)29(25,26)27)21-17-8-4-5-13-20-17/h1-13H,(H,20,21)(H,22,23,24)(H,25,26,27)/b10-9-. The highest BCUT2D eigenvalue weighted by molar-refractivity contribution is 7.89. The molecule has 8 nitrogen and oxygen atoms in total. The summed E-state index contributed by atoms with van der Waals surface area (Å²) in [5.74, 6) is 0.208. The lowest BCUT2D eigenvalue weighted by Crippen LogP contribution is -2.12. The van der Waals surface area contributed by atoms with Crippen LogP contribution in [0.1, 0.15) is 11.1 Å². The van der Waals surface area contributed by atoms with Gasteiger partial charge < -0.3 is 5.32 Å². The van der Waals surface area contributed by atoms with Crippen molar-refractivity contribution in [3.8, 4) is 0 Å². The van der Waals surface area contributed by atoms with Crippen LogP contribution in [0, 0.1) is 0 Å². The molecule has 0 saturated carbocycles. The van der Waals surface area contributed by atoms with Crippen molar-refractivity contribution in [2.45, 2.75) is 9.79 Å². The maximum Gasteiger partial charge on any atom is 0.298 e. The number of benzene rings is 2. The first-order valence-electron chi connectivity index (χ1n) is 8.19. The van der Waals surface area contributed by atoms with Gasteiger partial charge in [0.25, 0.3) is 20.2 Å². The SMILES string of the molecule is O=S(=O)(O)c1ccc(/C=C\c2ccccc2)c(Nc2ccccn2)c1S(=O)(=O)O. The molecule has 0 aliphatic rings. The summed E-state index contributed by atoms with van der Waals surface area (Å²) in [6.45, 7) is 0. The topological polar surface area (TPSA) is 134 Å². The van der Waals surface area contributed by atoms with E-state index in [1.807, 2.05) is 30.3 Å². The Morgan fingerprint density at radius 2 is 1.48 bits per heavy atom. The van der Waals surface area contributed by atoms with Crippen molar-refractivity contribution in [3.63, 3.8) is 0 Å². The van der Waals surface area contributed by atoms with Crippen LogP contribution in [0.5, 0.6) is 0 Å². The van der Waals surface area contributed by atoms with E-state index in [-0.39, 0.29) is 17.1 Å². The molecule has 0 aliphatic carbocycles. The van der Waals surface area contributed by atoms with E-state index in [2.05, 4.69) is 10.3 Å². The molecule has 3 aromatic rings. The van der Waals surface area contributed by atoms with Gasteiger partial charge in [-0.3, -0.25) is 9.11 Å². The third-order valence-corrected chi connectivity index (χ3v) is 5.83. The molecule has 29 heavy (non-hydrogen) atoms. The molecule has 0 atom stereocenters. The number of hydrogen-bond acceptors (Lipinski definition) is 6. The monoisotopic (exact) mass is 432 g/mol. The highest BCUT2D eigenvalue weighted by atomic mass is 32.2. The van der Waals surface area contributed by atoms with Gasteiger partial charge in [-0.2, -0.15) is 16.8 Å². The first kappa shape index (κ1) is 20.7. The van der Waals surface area contributed by atoms with Crippen LogP contribution in [0.15, 0.2) is 76.7 Å². The van der Waals surface area contributed by atoms with Gasteiger partial charge in [0.05, 0.1) is 5.69 Å². The Morgan fingerprint density at radius 3 is 2.07 bits per heavy atom. The van der Waals surface area contributed by atoms with Gasteiger partial charge in [0.2, 0.25) is 0 Å². The molecular weight excluding hydrogens is 416 g/mol. The minimum absolute atomic E-state index is 0.208. The van der Waals surface area contributed by atoms with Crippen molar-refractivity contribution in [1.29, 1.82) is 0 Å². The van der Waals surface area contributed by atoms with E-state index in [9.17, 15) is 25.9 Å². The predicted molar refractivity (Wildman–Crippen MR) is 109 cm³/mol. The highest BCUT2D eigenvalue weighted by Crippen LogP contribution is 2.35. The molecule has 150 valence electrons. The van der Waals surface area contributed by atoms with Crippen LogP contribution in [0.2, 0.25) is 0 Å². The Morgan fingerprint density at radius 1 is 0.793 bits per heavy atom. The number of hydrogen-bond donors (Lipinski definition) is 3. The fourth-order valence-electron chi connectivity index (χ4n) is 2.62. The fraction of sp³-hybridized carbons (Fsp3) is 0. The maximum absolute atomic E-state index is 12.0. The molecule has 1 aromatic heterocycles. The number of aromatic nitrogens is 1. The van der Waals surface area contributed by atoms with Crippen LogP contribution in [-0.2, 0) is 20.2 Å². The molecule has 3 N–H and O–H groups in total. The summed E-state index contributed by atoms with van der Waals surface area (Å²) in [5.41, 5.74) is 0.816. The first-order valence-corrected chi connectivity index (χ1v) is 11.1. The molecule has 0 spiro atoms. The van der Waals surface area contributed by atoms with E-state index >= 15 is 0 Å². The van der Waals surface area contributed by atoms with Gasteiger partial charge in [-0.05, 0) is 29.3 Å². The lowest BCUT2D eigenvalue weighted by atomic mass is 10.1. The van der Waals surface area contributed by atoms with Gasteiger partial charge in [0.15, 0.2) is 0 Å². The van der Waals surface area contributed by atoms with E-state index in [0.29, 0.717) is 0 Å². The van der Waals surface area contributed by atoms with Gasteiger partial charge in [0.1, 0.15) is 15.6 Å². The van der Waals surface area contributed by atoms with Gasteiger partial charge in [-0.25, -0.2) is 4.98 Å². The van der Waals surface area contributed by atoms with Crippen LogP contribution in [-0.4, -0.2) is 30.9 Å². The van der Waals surface area contributed by atoms with Gasteiger partial charge >= 0.3 is 0 Å². The molecule has 0 saturated heterocycles. The van der Waals surface area contributed by atoms with Crippen molar-refractivity contribution < 1.29 is 25.9 Å². The minimum Gasteiger partial charge on any atom is -0.339 e. The summed E-state index contributed by atoms with van der Waals surface area (Å²) in [5, 5.41) is 2.72. The van der Waals surface area contributed by atoms with Crippen LogP contribution in [0.25, 0.3) is 12.2 Å². The summed E-state index contributed by atoms with van der Waals surface area (Å²) in [4.78, 5) is 2.10.